The Hall–Kier alpha value is -1.86. The molecule has 0 amide bonds. The van der Waals surface area contributed by atoms with Gasteiger partial charge in [-0.2, -0.15) is 0 Å². The summed E-state index contributed by atoms with van der Waals surface area (Å²) in [7, 11) is 2.03. The van der Waals surface area contributed by atoms with Crippen molar-refractivity contribution in [3.05, 3.63) is 77.4 Å². The van der Waals surface area contributed by atoms with Gasteiger partial charge in [-0.05, 0) is 42.7 Å². The zero-order valence-electron chi connectivity index (χ0n) is 12.6. The molecule has 0 aliphatic heterocycles. The predicted octanol–water partition coefficient (Wildman–Crippen LogP) is 4.83. The van der Waals surface area contributed by atoms with Crippen LogP contribution in [0.25, 0.3) is 5.57 Å². The second kappa shape index (κ2) is 7.06. The highest BCUT2D eigenvalue weighted by atomic mass is 14.9. The van der Waals surface area contributed by atoms with E-state index >= 15 is 0 Å². The molecule has 0 saturated carbocycles. The summed E-state index contributed by atoms with van der Waals surface area (Å²) in [5.41, 5.74) is 5.46. The molecule has 0 bridgehead atoms. The van der Waals surface area contributed by atoms with Crippen LogP contribution >= 0.6 is 0 Å². The summed E-state index contributed by atoms with van der Waals surface area (Å²) in [5, 5.41) is 3.44. The molecule has 2 aromatic carbocycles. The van der Waals surface area contributed by atoms with E-state index in [1.165, 1.54) is 22.3 Å². The summed E-state index contributed by atoms with van der Waals surface area (Å²) in [6, 6.07) is 21.6. The lowest BCUT2D eigenvalue weighted by Crippen LogP contribution is -2.18. The molecule has 0 saturated heterocycles. The number of nitrogens with one attached hydrogen (secondary N) is 1. The van der Waals surface area contributed by atoms with Crippen LogP contribution in [0.4, 0.5) is 0 Å². The smallest absolute Gasteiger partial charge is 0.0536 e. The Kier molecular flexibility index (Phi) is 5.14. The van der Waals surface area contributed by atoms with Crippen molar-refractivity contribution in [1.29, 1.82) is 0 Å². The van der Waals surface area contributed by atoms with E-state index in [0.29, 0.717) is 0 Å². The normalized spacial score (nSPS) is 13.8. The molecule has 0 aliphatic rings. The maximum Gasteiger partial charge on any atom is 0.0536 e. The average Bonchev–Trinajstić information content (AvgIpc) is 2.51. The number of hydrogen-bond donors (Lipinski definition) is 1. The van der Waals surface area contributed by atoms with Gasteiger partial charge in [0.15, 0.2) is 0 Å². The van der Waals surface area contributed by atoms with Crippen molar-refractivity contribution >= 4 is 5.57 Å². The van der Waals surface area contributed by atoms with E-state index in [2.05, 4.69) is 79.8 Å². The van der Waals surface area contributed by atoms with Crippen molar-refractivity contribution < 1.29 is 0 Å². The number of benzene rings is 2. The molecule has 1 heteroatoms. The Morgan fingerprint density at radius 1 is 0.950 bits per heavy atom. The molecule has 104 valence electrons. The first-order valence-corrected chi connectivity index (χ1v) is 7.25. The van der Waals surface area contributed by atoms with Gasteiger partial charge in [0.25, 0.3) is 0 Å². The Labute approximate surface area is 122 Å². The Morgan fingerprint density at radius 2 is 1.50 bits per heavy atom. The molecule has 0 heterocycles. The Bertz CT molecular complexity index is 555. The van der Waals surface area contributed by atoms with Crippen molar-refractivity contribution in [2.24, 2.45) is 0 Å². The molecule has 0 aromatic heterocycles. The first-order chi connectivity index (χ1) is 9.77. The van der Waals surface area contributed by atoms with Gasteiger partial charge in [0.1, 0.15) is 0 Å². The molecule has 0 spiro atoms. The summed E-state index contributed by atoms with van der Waals surface area (Å²) < 4.78 is 0. The third-order valence-electron chi connectivity index (χ3n) is 3.81. The Balaban J connectivity index is 2.44. The molecule has 1 N–H and O–H groups in total. The summed E-state index contributed by atoms with van der Waals surface area (Å²) in [5.74, 6) is 0. The molecular formula is C19H23N. The van der Waals surface area contributed by atoms with Crippen LogP contribution in [0.1, 0.15) is 37.4 Å². The largest absolute Gasteiger partial charge is 0.310 e. The lowest BCUT2D eigenvalue weighted by Gasteiger charge is -2.21. The molecule has 1 atom stereocenters. The predicted molar refractivity (Wildman–Crippen MR) is 87.6 cm³/mol. The molecule has 2 rings (SSSR count). The zero-order chi connectivity index (χ0) is 14.4. The highest BCUT2D eigenvalue weighted by molar-refractivity contribution is 5.69. The van der Waals surface area contributed by atoms with E-state index in [9.17, 15) is 0 Å². The van der Waals surface area contributed by atoms with Crippen molar-refractivity contribution in [3.8, 4) is 0 Å². The molecule has 0 fully saturated rings. The molecule has 20 heavy (non-hydrogen) atoms. The van der Waals surface area contributed by atoms with Gasteiger partial charge in [0.2, 0.25) is 0 Å². The van der Waals surface area contributed by atoms with Crippen molar-refractivity contribution in [2.45, 2.75) is 26.3 Å². The van der Waals surface area contributed by atoms with E-state index < -0.39 is 0 Å². The van der Waals surface area contributed by atoms with Crippen LogP contribution in [-0.4, -0.2) is 7.05 Å². The van der Waals surface area contributed by atoms with Crippen molar-refractivity contribution in [3.63, 3.8) is 0 Å². The van der Waals surface area contributed by atoms with Crippen LogP contribution in [-0.2, 0) is 0 Å². The minimum Gasteiger partial charge on any atom is -0.310 e. The minimum absolute atomic E-state index is 0.270. The highest BCUT2D eigenvalue weighted by Gasteiger charge is 2.15. The number of allylic oxidation sites excluding steroid dienone is 1. The lowest BCUT2D eigenvalue weighted by atomic mass is 9.91. The number of likely N-dealkylation sites (N-methyl/N-ethyl adjacent to an activating group) is 1. The monoisotopic (exact) mass is 265 g/mol. The maximum absolute atomic E-state index is 3.44. The van der Waals surface area contributed by atoms with Gasteiger partial charge in [-0.15, -0.1) is 0 Å². The van der Waals surface area contributed by atoms with Gasteiger partial charge in [0.05, 0.1) is 6.04 Å². The van der Waals surface area contributed by atoms with Crippen LogP contribution < -0.4 is 5.32 Å². The van der Waals surface area contributed by atoms with E-state index in [1.807, 2.05) is 7.05 Å². The first kappa shape index (κ1) is 14.5. The summed E-state index contributed by atoms with van der Waals surface area (Å²) in [6.07, 6.45) is 1.04. The van der Waals surface area contributed by atoms with Crippen LogP contribution in [0.2, 0.25) is 0 Å². The van der Waals surface area contributed by atoms with Gasteiger partial charge < -0.3 is 5.32 Å². The second-order valence-corrected chi connectivity index (χ2v) is 5.01. The molecule has 0 radical (unpaired) electrons. The van der Waals surface area contributed by atoms with Crippen molar-refractivity contribution in [2.75, 3.05) is 7.05 Å². The lowest BCUT2D eigenvalue weighted by molar-refractivity contribution is 0.677. The van der Waals surface area contributed by atoms with Crippen LogP contribution in [0, 0.1) is 0 Å². The van der Waals surface area contributed by atoms with E-state index in [-0.39, 0.29) is 6.04 Å². The molecular weight excluding hydrogens is 242 g/mol. The van der Waals surface area contributed by atoms with Gasteiger partial charge in [-0.25, -0.2) is 0 Å². The standard InChI is InChI=1S/C19H23N/c1-4-18(16-11-7-5-8-12-16)15(2)19(20-3)17-13-9-6-10-14-17/h5-14,19-20H,4H2,1-3H3/b18-15+. The van der Waals surface area contributed by atoms with E-state index in [1.54, 1.807) is 0 Å². The fourth-order valence-corrected chi connectivity index (χ4v) is 2.80. The summed E-state index contributed by atoms with van der Waals surface area (Å²) in [6.45, 7) is 4.46. The third kappa shape index (κ3) is 3.17. The van der Waals surface area contributed by atoms with Crippen molar-refractivity contribution in [1.82, 2.24) is 5.32 Å². The SMILES string of the molecule is CC/C(=C(/C)C(NC)c1ccccc1)c1ccccc1. The number of rotatable bonds is 5. The maximum atomic E-state index is 3.44. The summed E-state index contributed by atoms with van der Waals surface area (Å²) in [4.78, 5) is 0. The van der Waals surface area contributed by atoms with Gasteiger partial charge in [0, 0.05) is 0 Å². The highest BCUT2D eigenvalue weighted by Crippen LogP contribution is 2.30. The summed E-state index contributed by atoms with van der Waals surface area (Å²) >= 11 is 0. The first-order valence-electron chi connectivity index (χ1n) is 7.25. The van der Waals surface area contributed by atoms with Crippen LogP contribution in [0.3, 0.4) is 0 Å². The van der Waals surface area contributed by atoms with Gasteiger partial charge >= 0.3 is 0 Å². The second-order valence-electron chi connectivity index (χ2n) is 5.01. The fourth-order valence-electron chi connectivity index (χ4n) is 2.80. The number of hydrogen-bond acceptors (Lipinski definition) is 1. The third-order valence-corrected chi connectivity index (χ3v) is 3.81. The molecule has 0 aliphatic carbocycles. The van der Waals surface area contributed by atoms with Gasteiger partial charge in [-0.1, -0.05) is 67.6 Å². The van der Waals surface area contributed by atoms with Crippen LogP contribution in [0.15, 0.2) is 66.2 Å². The van der Waals surface area contributed by atoms with Crippen LogP contribution in [0.5, 0.6) is 0 Å². The average molecular weight is 265 g/mol. The zero-order valence-corrected chi connectivity index (χ0v) is 12.6. The quantitative estimate of drug-likeness (QED) is 0.816. The molecule has 1 unspecified atom stereocenters. The molecule has 1 nitrogen and oxygen atoms in total. The topological polar surface area (TPSA) is 12.0 Å². The fraction of sp³-hybridized carbons (Fsp3) is 0.263. The Morgan fingerprint density at radius 3 is 2.00 bits per heavy atom. The van der Waals surface area contributed by atoms with E-state index in [0.717, 1.165) is 6.42 Å². The van der Waals surface area contributed by atoms with E-state index in [4.69, 9.17) is 0 Å². The minimum atomic E-state index is 0.270. The molecule has 2 aromatic rings. The van der Waals surface area contributed by atoms with Gasteiger partial charge in [-0.3, -0.25) is 0 Å².